The van der Waals surface area contributed by atoms with Crippen molar-refractivity contribution >= 4 is 39.9 Å². The predicted octanol–water partition coefficient (Wildman–Crippen LogP) is 3.42. The first-order valence-electron chi connectivity index (χ1n) is 11.3. The molecule has 35 heavy (non-hydrogen) atoms. The fraction of sp³-hybridized carbons (Fsp3) is 0.320. The largest absolute Gasteiger partial charge is 0.465 e. The van der Waals surface area contributed by atoms with Crippen LogP contribution in [0, 0.1) is 0 Å². The molecule has 5 rings (SSSR count). The number of nitrogens with zero attached hydrogens (tertiary/aromatic N) is 1. The van der Waals surface area contributed by atoms with Crippen LogP contribution in [0.15, 0.2) is 47.3 Å². The van der Waals surface area contributed by atoms with Crippen LogP contribution >= 0.6 is 12.2 Å². The number of nitrogens with one attached hydrogen (secondary N) is 2. The normalized spacial score (nSPS) is 16.3. The van der Waals surface area contributed by atoms with E-state index in [0.29, 0.717) is 52.1 Å². The van der Waals surface area contributed by atoms with Crippen molar-refractivity contribution in [1.29, 1.82) is 0 Å². The second-order valence-corrected chi connectivity index (χ2v) is 8.79. The Hall–Kier alpha value is -3.63. The molecule has 1 atom stereocenters. The first kappa shape index (κ1) is 23.1. The monoisotopic (exact) mass is 495 g/mol. The van der Waals surface area contributed by atoms with E-state index in [1.807, 2.05) is 17.0 Å². The van der Waals surface area contributed by atoms with Crippen molar-refractivity contribution in [2.45, 2.75) is 25.5 Å². The van der Waals surface area contributed by atoms with Gasteiger partial charge in [-0.05, 0) is 49.3 Å². The summed E-state index contributed by atoms with van der Waals surface area (Å²) in [4.78, 5) is 30.0. The van der Waals surface area contributed by atoms with Gasteiger partial charge in [0.2, 0.25) is 6.79 Å². The van der Waals surface area contributed by atoms with Gasteiger partial charge in [0.15, 0.2) is 16.6 Å². The molecule has 0 saturated carbocycles. The molecule has 0 radical (unpaired) electrons. The molecule has 1 saturated heterocycles. The molecule has 2 aromatic carbocycles. The van der Waals surface area contributed by atoms with Gasteiger partial charge in [-0.25, -0.2) is 4.79 Å². The number of rotatable bonds is 6. The minimum Gasteiger partial charge on any atom is -0.465 e. The summed E-state index contributed by atoms with van der Waals surface area (Å²) in [6, 6.07) is 12.4. The van der Waals surface area contributed by atoms with Crippen LogP contribution in [0.25, 0.3) is 10.9 Å². The predicted molar refractivity (Wildman–Crippen MR) is 134 cm³/mol. The molecule has 9 nitrogen and oxygen atoms in total. The van der Waals surface area contributed by atoms with Gasteiger partial charge >= 0.3 is 5.97 Å². The van der Waals surface area contributed by atoms with E-state index in [1.165, 1.54) is 7.11 Å². The van der Waals surface area contributed by atoms with Gasteiger partial charge in [0.05, 0.1) is 36.5 Å². The molecule has 0 unspecified atom stereocenters. The summed E-state index contributed by atoms with van der Waals surface area (Å²) < 4.78 is 21.6. The number of methoxy groups -OCH3 is 1. The topological polar surface area (TPSA) is 102 Å². The summed E-state index contributed by atoms with van der Waals surface area (Å²) in [7, 11) is 1.33. The van der Waals surface area contributed by atoms with E-state index in [4.69, 9.17) is 31.2 Å². The van der Waals surface area contributed by atoms with Crippen LogP contribution in [0.4, 0.5) is 5.69 Å². The van der Waals surface area contributed by atoms with Gasteiger partial charge in [0.25, 0.3) is 5.56 Å². The Kier molecular flexibility index (Phi) is 6.56. The Bertz CT molecular complexity index is 1330. The zero-order valence-corrected chi connectivity index (χ0v) is 20.0. The molecule has 3 aromatic rings. The fourth-order valence-electron chi connectivity index (χ4n) is 4.29. The van der Waals surface area contributed by atoms with E-state index >= 15 is 0 Å². The Balaban J connectivity index is 1.43. The summed E-state index contributed by atoms with van der Waals surface area (Å²) in [5, 5.41) is 4.37. The maximum Gasteiger partial charge on any atom is 0.339 e. The number of thiocarbonyl (C=S) groups is 1. The van der Waals surface area contributed by atoms with Gasteiger partial charge in [0, 0.05) is 30.2 Å². The van der Waals surface area contributed by atoms with Gasteiger partial charge in [-0.2, -0.15) is 0 Å². The van der Waals surface area contributed by atoms with E-state index in [0.717, 1.165) is 18.2 Å². The number of esters is 1. The van der Waals surface area contributed by atoms with Crippen molar-refractivity contribution in [2.24, 2.45) is 0 Å². The maximum atomic E-state index is 13.0. The number of benzene rings is 2. The highest BCUT2D eigenvalue weighted by atomic mass is 32.1. The van der Waals surface area contributed by atoms with E-state index in [2.05, 4.69) is 10.3 Å². The summed E-state index contributed by atoms with van der Waals surface area (Å²) in [5.74, 6) is 0.783. The lowest BCUT2D eigenvalue weighted by Crippen LogP contribution is -2.40. The molecule has 3 heterocycles. The van der Waals surface area contributed by atoms with Crippen molar-refractivity contribution in [1.82, 2.24) is 9.88 Å². The quantitative estimate of drug-likeness (QED) is 0.393. The SMILES string of the molecule is COC(=O)c1ccccc1NC(=S)N(Cc1cc2cc3c(cc2[nH]c1=O)OCO3)C[C@@H]1CCCO1. The summed E-state index contributed by atoms with van der Waals surface area (Å²) in [6.45, 7) is 1.62. The number of hydrogen-bond donors (Lipinski definition) is 2. The zero-order chi connectivity index (χ0) is 24.4. The lowest BCUT2D eigenvalue weighted by atomic mass is 10.1. The standard InChI is InChI=1S/C25H25N3O6S/c1-31-24(30)18-6-2-3-7-19(18)27-25(35)28(13-17-5-4-8-32-17)12-16-9-15-10-21-22(34-14-33-21)11-20(15)26-23(16)29/h2-3,6-7,9-11,17H,4-5,8,12-14H2,1H3,(H,26,29)(H,27,35)/t17-/m0/s1. The van der Waals surface area contributed by atoms with Gasteiger partial charge in [-0.1, -0.05) is 12.1 Å². The smallest absolute Gasteiger partial charge is 0.339 e. The molecule has 2 aliphatic heterocycles. The summed E-state index contributed by atoms with van der Waals surface area (Å²) >= 11 is 5.74. The molecular formula is C25H25N3O6S. The Morgan fingerprint density at radius 2 is 2.03 bits per heavy atom. The lowest BCUT2D eigenvalue weighted by Gasteiger charge is -2.28. The maximum absolute atomic E-state index is 13.0. The number of aromatic amines is 1. The number of fused-ring (bicyclic) bond motifs is 2. The summed E-state index contributed by atoms with van der Waals surface area (Å²) in [6.07, 6.45) is 1.89. The van der Waals surface area contributed by atoms with E-state index < -0.39 is 5.97 Å². The average Bonchev–Trinajstić information content (AvgIpc) is 3.54. The highest BCUT2D eigenvalue weighted by Crippen LogP contribution is 2.35. The molecule has 2 N–H and O–H groups in total. The molecule has 0 aliphatic carbocycles. The van der Waals surface area contributed by atoms with Gasteiger partial charge in [0.1, 0.15) is 0 Å². The average molecular weight is 496 g/mol. The van der Waals surface area contributed by atoms with Crippen molar-refractivity contribution in [3.8, 4) is 11.5 Å². The zero-order valence-electron chi connectivity index (χ0n) is 19.2. The number of anilines is 1. The Morgan fingerprint density at radius 1 is 1.23 bits per heavy atom. The van der Waals surface area contributed by atoms with Crippen molar-refractivity contribution in [3.63, 3.8) is 0 Å². The van der Waals surface area contributed by atoms with Gasteiger partial charge in [-0.3, -0.25) is 4.79 Å². The molecule has 1 fully saturated rings. The Labute approximate surface area is 206 Å². The van der Waals surface area contributed by atoms with Crippen LogP contribution in [-0.4, -0.2) is 54.1 Å². The molecular weight excluding hydrogens is 470 g/mol. The van der Waals surface area contributed by atoms with Crippen LogP contribution in [0.5, 0.6) is 11.5 Å². The van der Waals surface area contributed by atoms with E-state index in [1.54, 1.807) is 30.3 Å². The third-order valence-electron chi connectivity index (χ3n) is 6.08. The molecule has 0 amide bonds. The van der Waals surface area contributed by atoms with Crippen molar-refractivity contribution < 1.29 is 23.7 Å². The first-order chi connectivity index (χ1) is 17.0. The number of carbonyl (C=O) groups is 1. The second-order valence-electron chi connectivity index (χ2n) is 8.40. The number of pyridine rings is 1. The number of hydrogen-bond acceptors (Lipinski definition) is 7. The number of H-pyrrole nitrogens is 1. The van der Waals surface area contributed by atoms with Crippen molar-refractivity contribution in [2.75, 3.05) is 32.4 Å². The highest BCUT2D eigenvalue weighted by molar-refractivity contribution is 7.80. The molecule has 10 heteroatoms. The number of aromatic nitrogens is 1. The minimum absolute atomic E-state index is 0.000966. The van der Waals surface area contributed by atoms with Crippen LogP contribution in [-0.2, 0) is 16.0 Å². The first-order valence-corrected chi connectivity index (χ1v) is 11.7. The second kappa shape index (κ2) is 9.93. The van der Waals surface area contributed by atoms with Gasteiger partial charge in [-0.15, -0.1) is 0 Å². The molecule has 182 valence electrons. The summed E-state index contributed by atoms with van der Waals surface area (Å²) in [5.41, 5.74) is 1.89. The van der Waals surface area contributed by atoms with Crippen LogP contribution < -0.4 is 20.3 Å². The number of para-hydroxylation sites is 1. The third-order valence-corrected chi connectivity index (χ3v) is 6.44. The lowest BCUT2D eigenvalue weighted by molar-refractivity contribution is 0.0601. The number of carbonyl (C=O) groups excluding carboxylic acids is 1. The van der Waals surface area contributed by atoms with Gasteiger partial charge < -0.3 is 34.1 Å². The molecule has 1 aromatic heterocycles. The van der Waals surface area contributed by atoms with Crippen LogP contribution in [0.1, 0.15) is 28.8 Å². The molecule has 2 aliphatic rings. The van der Waals surface area contributed by atoms with E-state index in [9.17, 15) is 9.59 Å². The van der Waals surface area contributed by atoms with Crippen LogP contribution in [0.3, 0.4) is 0 Å². The van der Waals surface area contributed by atoms with Crippen LogP contribution in [0.2, 0.25) is 0 Å². The third kappa shape index (κ3) is 4.94. The Morgan fingerprint density at radius 3 is 2.80 bits per heavy atom. The van der Waals surface area contributed by atoms with E-state index in [-0.39, 0.29) is 25.0 Å². The fourth-order valence-corrected chi connectivity index (χ4v) is 4.54. The molecule has 0 spiro atoms. The minimum atomic E-state index is -0.466. The molecule has 0 bridgehead atoms. The number of ether oxygens (including phenoxy) is 4. The highest BCUT2D eigenvalue weighted by Gasteiger charge is 2.24. The van der Waals surface area contributed by atoms with Crippen molar-refractivity contribution in [3.05, 3.63) is 63.9 Å².